The van der Waals surface area contributed by atoms with Crippen molar-refractivity contribution < 1.29 is 14.3 Å². The highest BCUT2D eigenvalue weighted by atomic mass is 35.5. The zero-order valence-electron chi connectivity index (χ0n) is 7.21. The molecule has 0 spiro atoms. The van der Waals surface area contributed by atoms with E-state index >= 15 is 0 Å². The smallest absolute Gasteiger partial charge is 0.230 e. The van der Waals surface area contributed by atoms with Crippen molar-refractivity contribution in [3.63, 3.8) is 0 Å². The topological polar surface area (TPSA) is 43.4 Å². The van der Waals surface area contributed by atoms with E-state index in [1.807, 2.05) is 0 Å². The second kappa shape index (κ2) is 4.44. The van der Waals surface area contributed by atoms with Crippen LogP contribution in [0.4, 0.5) is 0 Å². The van der Waals surface area contributed by atoms with Gasteiger partial charge in [0, 0.05) is 0 Å². The van der Waals surface area contributed by atoms with Gasteiger partial charge >= 0.3 is 0 Å². The number of methoxy groups -OCH3 is 1. The Labute approximate surface area is 90.6 Å². The summed E-state index contributed by atoms with van der Waals surface area (Å²) < 4.78 is 4.88. The molecule has 0 bridgehead atoms. The minimum absolute atomic E-state index is 0.00309. The molecule has 1 aromatic carbocycles. The van der Waals surface area contributed by atoms with Crippen molar-refractivity contribution in [2.45, 2.75) is 0 Å². The number of halogens is 2. The quantitative estimate of drug-likeness (QED) is 0.457. The largest absolute Gasteiger partial charge is 0.494 e. The molecule has 0 heterocycles. The number of hydrogen-bond donors (Lipinski definition) is 0. The van der Waals surface area contributed by atoms with Crippen molar-refractivity contribution in [2.24, 2.45) is 0 Å². The average molecular weight is 233 g/mol. The van der Waals surface area contributed by atoms with Crippen LogP contribution >= 0.6 is 23.2 Å². The first-order valence-electron chi connectivity index (χ1n) is 3.63. The number of ether oxygens (including phenoxy) is 1. The molecule has 0 fully saturated rings. The summed E-state index contributed by atoms with van der Waals surface area (Å²) in [6.45, 7) is 0. The van der Waals surface area contributed by atoms with Gasteiger partial charge in [-0.15, -0.1) is 0 Å². The molecular weight excluding hydrogens is 227 g/mol. The molecule has 0 saturated heterocycles. The van der Waals surface area contributed by atoms with Crippen LogP contribution in [0.5, 0.6) is 5.75 Å². The van der Waals surface area contributed by atoms with Gasteiger partial charge in [0.2, 0.25) is 5.78 Å². The Bertz CT molecular complexity index is 388. The molecule has 0 N–H and O–H groups in total. The molecule has 0 aliphatic heterocycles. The van der Waals surface area contributed by atoms with Gasteiger partial charge in [0.1, 0.15) is 5.75 Å². The zero-order valence-corrected chi connectivity index (χ0v) is 8.72. The molecule has 0 unspecified atom stereocenters. The number of rotatable bonds is 3. The highest BCUT2D eigenvalue weighted by Gasteiger charge is 2.18. The molecule has 0 aliphatic rings. The van der Waals surface area contributed by atoms with Crippen molar-refractivity contribution >= 4 is 35.3 Å². The van der Waals surface area contributed by atoms with Crippen molar-refractivity contribution in [1.29, 1.82) is 0 Å². The highest BCUT2D eigenvalue weighted by Crippen LogP contribution is 2.33. The number of hydrogen-bond acceptors (Lipinski definition) is 3. The molecule has 0 radical (unpaired) electrons. The molecule has 74 valence electrons. The average Bonchev–Trinajstić information content (AvgIpc) is 2.19. The molecule has 3 nitrogen and oxygen atoms in total. The Morgan fingerprint density at radius 3 is 2.43 bits per heavy atom. The first-order valence-corrected chi connectivity index (χ1v) is 4.39. The van der Waals surface area contributed by atoms with E-state index in [0.717, 1.165) is 0 Å². The maximum Gasteiger partial charge on any atom is 0.230 e. The van der Waals surface area contributed by atoms with Gasteiger partial charge in [-0.25, -0.2) is 0 Å². The predicted octanol–water partition coefficient (Wildman–Crippen LogP) is 2.38. The van der Waals surface area contributed by atoms with E-state index in [2.05, 4.69) is 0 Å². The number of carbonyl (C=O) groups excluding carboxylic acids is 2. The summed E-state index contributed by atoms with van der Waals surface area (Å²) in [5.41, 5.74) is -0.00309. The first kappa shape index (κ1) is 11.0. The van der Waals surface area contributed by atoms with Gasteiger partial charge < -0.3 is 4.74 Å². The molecule has 5 heteroatoms. The summed E-state index contributed by atoms with van der Waals surface area (Å²) in [6.07, 6.45) is 0.167. The summed E-state index contributed by atoms with van der Waals surface area (Å²) in [5, 5.41) is 0.380. The second-order valence-electron chi connectivity index (χ2n) is 2.42. The van der Waals surface area contributed by atoms with Gasteiger partial charge in [-0.1, -0.05) is 23.2 Å². The minimum atomic E-state index is -0.755. The van der Waals surface area contributed by atoms with Crippen LogP contribution in [0, 0.1) is 0 Å². The van der Waals surface area contributed by atoms with Crippen LogP contribution in [-0.4, -0.2) is 19.2 Å². The number of aldehydes is 1. The van der Waals surface area contributed by atoms with E-state index in [4.69, 9.17) is 27.9 Å². The fraction of sp³-hybridized carbons (Fsp3) is 0.111. The molecule has 0 aliphatic carbocycles. The third kappa shape index (κ3) is 1.89. The first-order chi connectivity index (χ1) is 6.61. The van der Waals surface area contributed by atoms with Crippen molar-refractivity contribution in [2.75, 3.05) is 7.11 Å². The SMILES string of the molecule is COc1c(Cl)ccc(Cl)c1C(=O)C=O. The molecule has 0 saturated carbocycles. The van der Waals surface area contributed by atoms with E-state index in [-0.39, 0.29) is 27.6 Å². The van der Waals surface area contributed by atoms with Crippen LogP contribution in [-0.2, 0) is 4.79 Å². The molecule has 14 heavy (non-hydrogen) atoms. The molecular formula is C9H6Cl2O3. The van der Waals surface area contributed by atoms with Crippen LogP contribution in [0.1, 0.15) is 10.4 Å². The Hall–Kier alpha value is -1.06. The lowest BCUT2D eigenvalue weighted by molar-refractivity contribution is -0.104. The number of Topliss-reactive ketones (excluding diaryl/α,β-unsaturated/α-hetero) is 1. The van der Waals surface area contributed by atoms with Gasteiger partial charge in [0.05, 0.1) is 22.7 Å². The van der Waals surface area contributed by atoms with Crippen molar-refractivity contribution in [3.8, 4) is 5.75 Å². The lowest BCUT2D eigenvalue weighted by Gasteiger charge is -2.08. The van der Waals surface area contributed by atoms with Gasteiger partial charge in [-0.3, -0.25) is 9.59 Å². The molecule has 1 rings (SSSR count). The van der Waals surface area contributed by atoms with E-state index in [1.165, 1.54) is 19.2 Å². The monoisotopic (exact) mass is 232 g/mol. The lowest BCUT2D eigenvalue weighted by Crippen LogP contribution is -2.04. The fourth-order valence-electron chi connectivity index (χ4n) is 1.02. The van der Waals surface area contributed by atoms with E-state index < -0.39 is 5.78 Å². The second-order valence-corrected chi connectivity index (χ2v) is 3.23. The highest BCUT2D eigenvalue weighted by molar-refractivity contribution is 6.43. The molecule has 1 aromatic rings. The van der Waals surface area contributed by atoms with Crippen molar-refractivity contribution in [3.05, 3.63) is 27.7 Å². The van der Waals surface area contributed by atoms with Crippen LogP contribution < -0.4 is 4.74 Å². The van der Waals surface area contributed by atoms with Gasteiger partial charge in [-0.2, -0.15) is 0 Å². The Balaban J connectivity index is 3.44. The summed E-state index contributed by atoms with van der Waals surface area (Å²) in [5.74, 6) is -0.634. The van der Waals surface area contributed by atoms with Crippen LogP contribution in [0.3, 0.4) is 0 Å². The standard InChI is InChI=1S/C9H6Cl2O3/c1-14-9-6(11)3-2-5(10)8(9)7(13)4-12/h2-4H,1H3. The summed E-state index contributed by atoms with van der Waals surface area (Å²) >= 11 is 11.5. The molecule has 0 amide bonds. The normalized spacial score (nSPS) is 9.64. The van der Waals surface area contributed by atoms with Crippen LogP contribution in [0.2, 0.25) is 10.0 Å². The molecule has 0 aromatic heterocycles. The third-order valence-corrected chi connectivity index (χ3v) is 2.23. The van der Waals surface area contributed by atoms with Gasteiger partial charge in [0.15, 0.2) is 6.29 Å². The Morgan fingerprint density at radius 2 is 1.93 bits per heavy atom. The number of benzene rings is 1. The third-order valence-electron chi connectivity index (χ3n) is 1.62. The number of ketones is 1. The number of carbonyl (C=O) groups is 2. The Kier molecular flexibility index (Phi) is 3.49. The van der Waals surface area contributed by atoms with E-state index in [9.17, 15) is 9.59 Å². The maximum atomic E-state index is 11.2. The predicted molar refractivity (Wildman–Crippen MR) is 53.4 cm³/mol. The zero-order chi connectivity index (χ0) is 10.7. The molecule has 0 atom stereocenters. The van der Waals surface area contributed by atoms with Crippen LogP contribution in [0.15, 0.2) is 12.1 Å². The summed E-state index contributed by atoms with van der Waals surface area (Å²) in [6, 6.07) is 2.92. The van der Waals surface area contributed by atoms with Crippen LogP contribution in [0.25, 0.3) is 0 Å². The Morgan fingerprint density at radius 1 is 1.36 bits per heavy atom. The fourth-order valence-corrected chi connectivity index (χ4v) is 1.50. The van der Waals surface area contributed by atoms with Gasteiger partial charge in [0.25, 0.3) is 0 Å². The summed E-state index contributed by atoms with van der Waals surface area (Å²) in [7, 11) is 1.35. The minimum Gasteiger partial charge on any atom is -0.494 e. The van der Waals surface area contributed by atoms with E-state index in [1.54, 1.807) is 0 Å². The van der Waals surface area contributed by atoms with E-state index in [0.29, 0.717) is 0 Å². The maximum absolute atomic E-state index is 11.2. The van der Waals surface area contributed by atoms with Crippen molar-refractivity contribution in [1.82, 2.24) is 0 Å². The lowest BCUT2D eigenvalue weighted by atomic mass is 10.1. The summed E-state index contributed by atoms with van der Waals surface area (Å²) in [4.78, 5) is 21.5. The van der Waals surface area contributed by atoms with Gasteiger partial charge in [-0.05, 0) is 12.1 Å².